The fraction of sp³-hybridized carbons (Fsp3) is 0.357. The maximum absolute atomic E-state index is 13.5. The van der Waals surface area contributed by atoms with E-state index < -0.39 is 6.10 Å². The molecule has 1 atom stereocenters. The highest BCUT2D eigenvalue weighted by Gasteiger charge is 2.32. The number of aromatic nitrogens is 2. The molecule has 2 amide bonds. The summed E-state index contributed by atoms with van der Waals surface area (Å²) in [6.07, 6.45) is 3.37. The first-order chi connectivity index (χ1) is 19.4. The summed E-state index contributed by atoms with van der Waals surface area (Å²) in [6, 6.07) is 10.7. The van der Waals surface area contributed by atoms with Crippen LogP contribution in [0, 0.1) is 0 Å². The largest absolute Gasteiger partial charge is 0.455 e. The molecular weight excluding hydrogens is 555 g/mol. The molecule has 10 nitrogen and oxygen atoms in total. The van der Waals surface area contributed by atoms with Gasteiger partial charge in [-0.2, -0.15) is 4.98 Å². The monoisotopic (exact) mass is 582 g/mol. The number of piperidine rings is 1. The molecule has 3 aliphatic heterocycles. The van der Waals surface area contributed by atoms with Crippen LogP contribution in [0.1, 0.15) is 51.5 Å². The van der Waals surface area contributed by atoms with Crippen molar-refractivity contribution < 1.29 is 19.4 Å². The van der Waals surface area contributed by atoms with Crippen LogP contribution in [-0.4, -0.2) is 70.8 Å². The zero-order valence-corrected chi connectivity index (χ0v) is 23.1. The number of fused-ring (bicyclic) bond motifs is 1. The number of hydrogen-bond acceptors (Lipinski definition) is 8. The Morgan fingerprint density at radius 2 is 1.90 bits per heavy atom. The first-order valence-corrected chi connectivity index (χ1v) is 14.0. The zero-order chi connectivity index (χ0) is 27.8. The molecule has 1 unspecified atom stereocenters. The normalized spacial score (nSPS) is 19.4. The minimum absolute atomic E-state index is 0.0904. The van der Waals surface area contributed by atoms with Crippen LogP contribution in [0.2, 0.25) is 10.0 Å². The van der Waals surface area contributed by atoms with Crippen LogP contribution in [0.3, 0.4) is 0 Å². The molecule has 0 bridgehead atoms. The number of amides is 2. The van der Waals surface area contributed by atoms with Gasteiger partial charge in [0.25, 0.3) is 11.8 Å². The molecule has 3 aliphatic rings. The van der Waals surface area contributed by atoms with E-state index in [-0.39, 0.29) is 41.9 Å². The lowest BCUT2D eigenvalue weighted by Gasteiger charge is -2.29. The van der Waals surface area contributed by atoms with Gasteiger partial charge in [0.15, 0.2) is 6.73 Å². The molecule has 2 fully saturated rings. The summed E-state index contributed by atoms with van der Waals surface area (Å²) in [6.45, 7) is 2.55. The SMILES string of the molecule is O=C(c1cc(Nc2ncc3c(n2)OCN(c2c(Cl)cccc2Cl)C3=O)ccc1C1CCNCC1)N1CCC(O)C1. The summed E-state index contributed by atoms with van der Waals surface area (Å²) in [5.41, 5.74) is 2.80. The van der Waals surface area contributed by atoms with Crippen molar-refractivity contribution in [2.45, 2.75) is 31.3 Å². The quantitative estimate of drug-likeness (QED) is 0.409. The standard InChI is InChI=1S/C28H28Cl2N6O4/c29-22-2-1-3-23(30)24(22)36-15-40-25-21(27(36)39)13-32-28(34-25)33-17-4-5-19(16-6-9-31-10-7-16)20(12-17)26(38)35-11-8-18(37)14-35/h1-5,12-13,16,18,31,37H,6-11,14-15H2,(H,32,33,34). The molecule has 3 N–H and O–H groups in total. The van der Waals surface area contributed by atoms with Crippen molar-refractivity contribution in [1.82, 2.24) is 20.2 Å². The third kappa shape index (κ3) is 5.19. The van der Waals surface area contributed by atoms with E-state index in [0.29, 0.717) is 46.5 Å². The Kier molecular flexibility index (Phi) is 7.50. The van der Waals surface area contributed by atoms with E-state index >= 15 is 0 Å². The van der Waals surface area contributed by atoms with Gasteiger partial charge in [-0.15, -0.1) is 0 Å². The van der Waals surface area contributed by atoms with Crippen LogP contribution in [-0.2, 0) is 0 Å². The van der Waals surface area contributed by atoms with E-state index in [9.17, 15) is 14.7 Å². The van der Waals surface area contributed by atoms with Crippen molar-refractivity contribution in [2.75, 3.05) is 43.1 Å². The number of nitrogens with one attached hydrogen (secondary N) is 2. The molecule has 0 saturated carbocycles. The number of β-amino-alcohol motifs (C(OH)–C–C–N with tert-alkyl or cyclic N) is 1. The third-order valence-electron chi connectivity index (χ3n) is 7.54. The van der Waals surface area contributed by atoms with Gasteiger partial charge in [0.2, 0.25) is 11.8 Å². The average Bonchev–Trinajstić information content (AvgIpc) is 3.40. The van der Waals surface area contributed by atoms with E-state index in [1.165, 1.54) is 11.1 Å². The Balaban J connectivity index is 1.26. The minimum atomic E-state index is -0.496. The van der Waals surface area contributed by atoms with Crippen LogP contribution in [0.4, 0.5) is 17.3 Å². The molecule has 3 aromatic rings. The van der Waals surface area contributed by atoms with Crippen molar-refractivity contribution in [2.24, 2.45) is 0 Å². The van der Waals surface area contributed by atoms with Gasteiger partial charge in [-0.25, -0.2) is 4.98 Å². The Morgan fingerprint density at radius 3 is 2.62 bits per heavy atom. The third-order valence-corrected chi connectivity index (χ3v) is 8.15. The van der Waals surface area contributed by atoms with E-state index in [1.807, 2.05) is 18.2 Å². The molecular formula is C28H28Cl2N6O4. The number of benzene rings is 2. The van der Waals surface area contributed by atoms with Crippen LogP contribution in [0.15, 0.2) is 42.6 Å². The summed E-state index contributed by atoms with van der Waals surface area (Å²) in [4.78, 5) is 38.6. The van der Waals surface area contributed by atoms with Crippen LogP contribution in [0.5, 0.6) is 5.88 Å². The molecule has 12 heteroatoms. The number of aliphatic hydroxyl groups excluding tert-OH is 1. The van der Waals surface area contributed by atoms with Crippen molar-refractivity contribution in [3.63, 3.8) is 0 Å². The van der Waals surface area contributed by atoms with Gasteiger partial charge in [-0.3, -0.25) is 14.5 Å². The molecule has 0 spiro atoms. The van der Waals surface area contributed by atoms with Crippen molar-refractivity contribution in [1.29, 1.82) is 0 Å². The highest BCUT2D eigenvalue weighted by atomic mass is 35.5. The van der Waals surface area contributed by atoms with Crippen LogP contribution in [0.25, 0.3) is 0 Å². The summed E-state index contributed by atoms with van der Waals surface area (Å²) in [5, 5.41) is 17.2. The van der Waals surface area contributed by atoms with E-state index in [1.54, 1.807) is 23.1 Å². The Morgan fingerprint density at radius 1 is 1.12 bits per heavy atom. The maximum Gasteiger partial charge on any atom is 0.268 e. The molecule has 4 heterocycles. The van der Waals surface area contributed by atoms with E-state index in [0.717, 1.165) is 31.5 Å². The number of carbonyl (C=O) groups excluding carboxylic acids is 2. The number of likely N-dealkylation sites (tertiary alicyclic amines) is 1. The Hall–Kier alpha value is -3.44. The lowest BCUT2D eigenvalue weighted by atomic mass is 9.86. The van der Waals surface area contributed by atoms with Crippen LogP contribution >= 0.6 is 23.2 Å². The molecule has 2 aromatic carbocycles. The van der Waals surface area contributed by atoms with Gasteiger partial charge >= 0.3 is 0 Å². The number of carbonyl (C=O) groups is 2. The summed E-state index contributed by atoms with van der Waals surface area (Å²) in [7, 11) is 0. The first kappa shape index (κ1) is 26.8. The number of hydrogen-bond donors (Lipinski definition) is 3. The number of rotatable bonds is 5. The van der Waals surface area contributed by atoms with Gasteiger partial charge in [0.05, 0.1) is 21.8 Å². The maximum atomic E-state index is 13.5. The van der Waals surface area contributed by atoms with E-state index in [4.69, 9.17) is 27.9 Å². The van der Waals surface area contributed by atoms with Gasteiger partial charge in [0, 0.05) is 30.5 Å². The lowest BCUT2D eigenvalue weighted by Crippen LogP contribution is -2.39. The molecule has 6 rings (SSSR count). The second-order valence-corrected chi connectivity index (χ2v) is 10.9. The number of ether oxygens (including phenoxy) is 1. The fourth-order valence-corrected chi connectivity index (χ4v) is 6.06. The predicted molar refractivity (Wildman–Crippen MR) is 152 cm³/mol. The second-order valence-electron chi connectivity index (χ2n) is 10.1. The number of nitrogens with zero attached hydrogens (tertiary/aromatic N) is 4. The molecule has 208 valence electrons. The number of aliphatic hydroxyl groups is 1. The Labute approximate surface area is 241 Å². The average molecular weight is 583 g/mol. The second kappa shape index (κ2) is 11.2. The summed E-state index contributed by atoms with van der Waals surface area (Å²) < 4.78 is 5.79. The molecule has 40 heavy (non-hydrogen) atoms. The first-order valence-electron chi connectivity index (χ1n) is 13.2. The summed E-state index contributed by atoms with van der Waals surface area (Å²) in [5.74, 6) is 0.161. The van der Waals surface area contributed by atoms with Crippen molar-refractivity contribution >= 4 is 52.3 Å². The number of para-hydroxylation sites is 1. The van der Waals surface area contributed by atoms with Crippen molar-refractivity contribution in [3.05, 3.63) is 69.3 Å². The van der Waals surface area contributed by atoms with E-state index in [2.05, 4.69) is 20.6 Å². The highest BCUT2D eigenvalue weighted by Crippen LogP contribution is 2.37. The minimum Gasteiger partial charge on any atom is -0.455 e. The van der Waals surface area contributed by atoms with Gasteiger partial charge in [-0.05, 0) is 68.1 Å². The Bertz CT molecular complexity index is 1440. The molecule has 2 saturated heterocycles. The smallest absolute Gasteiger partial charge is 0.268 e. The lowest BCUT2D eigenvalue weighted by molar-refractivity contribution is 0.0763. The topological polar surface area (TPSA) is 120 Å². The number of halogens is 2. The molecule has 0 aliphatic carbocycles. The van der Waals surface area contributed by atoms with Crippen molar-refractivity contribution in [3.8, 4) is 5.88 Å². The molecule has 1 aromatic heterocycles. The predicted octanol–water partition coefficient (Wildman–Crippen LogP) is 4.20. The van der Waals surface area contributed by atoms with Crippen LogP contribution < -0.4 is 20.3 Å². The van der Waals surface area contributed by atoms with Gasteiger partial charge in [-0.1, -0.05) is 35.3 Å². The zero-order valence-electron chi connectivity index (χ0n) is 21.6. The van der Waals surface area contributed by atoms with Gasteiger partial charge in [0.1, 0.15) is 5.56 Å². The molecule has 0 radical (unpaired) electrons. The van der Waals surface area contributed by atoms with Gasteiger partial charge < -0.3 is 25.4 Å². The fourth-order valence-electron chi connectivity index (χ4n) is 5.46. The summed E-state index contributed by atoms with van der Waals surface area (Å²) >= 11 is 12.6. The highest BCUT2D eigenvalue weighted by molar-refractivity contribution is 6.40. The number of anilines is 3.